The number of nitrogens with zero attached hydrogens (tertiary/aromatic N) is 5. The van der Waals surface area contributed by atoms with Gasteiger partial charge in [-0.1, -0.05) is 18.2 Å². The molecule has 0 radical (unpaired) electrons. The first-order chi connectivity index (χ1) is 19.1. The lowest BCUT2D eigenvalue weighted by molar-refractivity contribution is -0.274. The monoisotopic (exact) mass is 531 g/mol. The van der Waals surface area contributed by atoms with Gasteiger partial charge in [-0.3, -0.25) is 0 Å². The van der Waals surface area contributed by atoms with E-state index in [2.05, 4.69) is 4.74 Å². The highest BCUT2D eigenvalue weighted by atomic mass is 19.4. The highest BCUT2D eigenvalue weighted by Gasteiger charge is 2.35. The number of benzene rings is 3. The van der Waals surface area contributed by atoms with Gasteiger partial charge in [0, 0.05) is 22.3 Å². The zero-order chi connectivity index (χ0) is 28.8. The zero-order valence-corrected chi connectivity index (χ0v) is 19.9. The van der Waals surface area contributed by atoms with E-state index < -0.39 is 23.5 Å². The molecule has 0 N–H and O–H groups in total. The summed E-state index contributed by atoms with van der Waals surface area (Å²) < 4.78 is 56.9. The molecule has 40 heavy (non-hydrogen) atoms. The van der Waals surface area contributed by atoms with Gasteiger partial charge in [-0.25, -0.2) is 4.39 Å². The Hall–Kier alpha value is -6.15. The second kappa shape index (κ2) is 9.30. The van der Waals surface area contributed by atoms with E-state index in [4.69, 9.17) is 0 Å². The van der Waals surface area contributed by atoms with Crippen LogP contribution in [0.4, 0.5) is 17.6 Å². The Morgan fingerprint density at radius 1 is 0.625 bits per heavy atom. The molecule has 0 aliphatic heterocycles. The third kappa shape index (κ3) is 3.93. The molecule has 0 aromatic heterocycles. The summed E-state index contributed by atoms with van der Waals surface area (Å²) in [7, 11) is 0. The number of alkyl halides is 3. The molecule has 5 rings (SSSR count). The minimum Gasteiger partial charge on any atom is -0.406 e. The van der Waals surface area contributed by atoms with Crippen molar-refractivity contribution in [2.45, 2.75) is 6.36 Å². The Kier molecular flexibility index (Phi) is 5.93. The van der Waals surface area contributed by atoms with Crippen molar-refractivity contribution in [3.05, 3.63) is 99.4 Å². The summed E-state index contributed by atoms with van der Waals surface area (Å²) in [6.45, 7) is 0. The van der Waals surface area contributed by atoms with Gasteiger partial charge in [0.1, 0.15) is 53.1 Å². The van der Waals surface area contributed by atoms with E-state index in [0.717, 1.165) is 12.1 Å². The van der Waals surface area contributed by atoms with E-state index in [1.54, 1.807) is 24.3 Å². The van der Waals surface area contributed by atoms with Gasteiger partial charge in [0.2, 0.25) is 0 Å². The van der Waals surface area contributed by atoms with E-state index >= 15 is 0 Å². The number of hydrogen-bond acceptors (Lipinski definition) is 6. The summed E-state index contributed by atoms with van der Waals surface area (Å²) in [6, 6.07) is 21.0. The Morgan fingerprint density at radius 3 is 1.77 bits per heavy atom. The zero-order valence-electron chi connectivity index (χ0n) is 19.9. The van der Waals surface area contributed by atoms with Crippen LogP contribution in [0.15, 0.2) is 65.7 Å². The smallest absolute Gasteiger partial charge is 0.406 e. The quantitative estimate of drug-likeness (QED) is 0.207. The molecule has 2 aliphatic carbocycles. The van der Waals surface area contributed by atoms with Crippen molar-refractivity contribution in [2.75, 3.05) is 0 Å². The number of allylic oxidation sites excluding steroid dienone is 5. The molecule has 0 heterocycles. The number of halogens is 4. The summed E-state index contributed by atoms with van der Waals surface area (Å²) in [6.07, 6.45) is -5.01. The fourth-order valence-corrected chi connectivity index (χ4v) is 4.99. The lowest BCUT2D eigenvalue weighted by atomic mass is 9.90. The highest BCUT2D eigenvalue weighted by molar-refractivity contribution is 6.26. The molecule has 0 spiro atoms. The molecule has 0 bridgehead atoms. The van der Waals surface area contributed by atoms with E-state index in [9.17, 15) is 43.9 Å². The maximum atomic E-state index is 14.2. The fourth-order valence-electron chi connectivity index (χ4n) is 4.99. The minimum absolute atomic E-state index is 0.0145. The second-order valence-electron chi connectivity index (χ2n) is 8.51. The van der Waals surface area contributed by atoms with Crippen LogP contribution < -0.4 is 4.74 Å². The summed E-state index contributed by atoms with van der Waals surface area (Å²) in [5, 5.41) is 48.7. The largest absolute Gasteiger partial charge is 0.573 e. The number of fused-ring (bicyclic) bond motifs is 4. The van der Waals surface area contributed by atoms with E-state index in [0.29, 0.717) is 22.3 Å². The molecule has 0 atom stereocenters. The average molecular weight is 531 g/mol. The molecule has 10 heteroatoms. The summed E-state index contributed by atoms with van der Waals surface area (Å²) in [5.41, 5.74) is 1.72. The third-order valence-electron chi connectivity index (χ3n) is 6.44. The van der Waals surface area contributed by atoms with Gasteiger partial charge >= 0.3 is 6.36 Å². The molecule has 3 aromatic carbocycles. The van der Waals surface area contributed by atoms with Crippen LogP contribution in [0.2, 0.25) is 0 Å². The fraction of sp³-hybridized carbons (Fsp3) is 0.0333. The standard InChI is InChI=1S/C30H9F4N5O/c31-18-2-5-21-20-4-1-15(7-23(20)27(24(21)8-18)16(10-35)11-36)28-26(14-39)22-6-3-19(40-30(32,33)34)9-25(22)29(28)17(12-37)13-38/h1-9H. The molecule has 0 amide bonds. The van der Waals surface area contributed by atoms with Crippen LogP contribution in [0.25, 0.3) is 33.4 Å². The highest BCUT2D eigenvalue weighted by Crippen LogP contribution is 2.52. The van der Waals surface area contributed by atoms with Crippen LogP contribution >= 0.6 is 0 Å². The van der Waals surface area contributed by atoms with Crippen LogP contribution in [0, 0.1) is 62.5 Å². The van der Waals surface area contributed by atoms with E-state index in [1.165, 1.54) is 30.3 Å². The molecule has 6 nitrogen and oxygen atoms in total. The summed E-state index contributed by atoms with van der Waals surface area (Å²) >= 11 is 0. The van der Waals surface area contributed by atoms with Gasteiger partial charge in [-0.2, -0.15) is 26.3 Å². The first-order valence-corrected chi connectivity index (χ1v) is 11.2. The molecule has 0 fully saturated rings. The van der Waals surface area contributed by atoms with Gasteiger partial charge in [0.15, 0.2) is 0 Å². The van der Waals surface area contributed by atoms with E-state index in [1.807, 2.05) is 18.2 Å². The van der Waals surface area contributed by atoms with Crippen molar-refractivity contribution < 1.29 is 22.3 Å². The second-order valence-corrected chi connectivity index (χ2v) is 8.51. The first kappa shape index (κ1) is 25.5. The topological polar surface area (TPSA) is 128 Å². The molecular formula is C30H9F4N5O. The van der Waals surface area contributed by atoms with Gasteiger partial charge in [0.25, 0.3) is 0 Å². The SMILES string of the molecule is N#CC(C#N)=C1C(c2ccc3c(c2)C(=C(C#N)C#N)c2cc(F)ccc2-3)=C(C#N)c2ccc(OC(F)(F)F)cc21. The summed E-state index contributed by atoms with van der Waals surface area (Å²) in [4.78, 5) is 0. The lowest BCUT2D eigenvalue weighted by Gasteiger charge is -2.12. The van der Waals surface area contributed by atoms with Crippen LogP contribution in [-0.4, -0.2) is 6.36 Å². The van der Waals surface area contributed by atoms with Crippen LogP contribution in [-0.2, 0) is 0 Å². The molecule has 2 aliphatic rings. The molecule has 188 valence electrons. The van der Waals surface area contributed by atoms with Crippen molar-refractivity contribution in [3.63, 3.8) is 0 Å². The van der Waals surface area contributed by atoms with Crippen LogP contribution in [0.1, 0.15) is 27.8 Å². The van der Waals surface area contributed by atoms with Crippen molar-refractivity contribution in [2.24, 2.45) is 0 Å². The number of hydrogen-bond donors (Lipinski definition) is 0. The maximum Gasteiger partial charge on any atom is 0.573 e. The predicted octanol–water partition coefficient (Wildman–Crippen LogP) is 6.80. The Balaban J connectivity index is 1.80. The van der Waals surface area contributed by atoms with Crippen molar-refractivity contribution >= 4 is 22.3 Å². The Labute approximate surface area is 224 Å². The van der Waals surface area contributed by atoms with E-state index in [-0.39, 0.29) is 44.6 Å². The predicted molar refractivity (Wildman–Crippen MR) is 133 cm³/mol. The minimum atomic E-state index is -5.01. The molecule has 3 aromatic rings. The van der Waals surface area contributed by atoms with Gasteiger partial charge < -0.3 is 4.74 Å². The molecule has 0 saturated carbocycles. The summed E-state index contributed by atoms with van der Waals surface area (Å²) in [5.74, 6) is -1.20. The Bertz CT molecular complexity index is 1950. The van der Waals surface area contributed by atoms with Gasteiger partial charge in [0.05, 0.1) is 5.57 Å². The third-order valence-corrected chi connectivity index (χ3v) is 6.44. The van der Waals surface area contributed by atoms with Gasteiger partial charge in [-0.05, 0) is 69.8 Å². The normalized spacial score (nSPS) is 12.7. The van der Waals surface area contributed by atoms with Crippen LogP contribution in [0.3, 0.4) is 0 Å². The first-order valence-electron chi connectivity index (χ1n) is 11.2. The maximum absolute atomic E-state index is 14.2. The Morgan fingerprint density at radius 2 is 1.18 bits per heavy atom. The lowest BCUT2D eigenvalue weighted by Crippen LogP contribution is -2.17. The molecule has 0 saturated heterocycles. The average Bonchev–Trinajstić information content (AvgIpc) is 3.41. The van der Waals surface area contributed by atoms with Crippen molar-refractivity contribution in [1.29, 1.82) is 26.3 Å². The number of ether oxygens (including phenoxy) is 1. The number of rotatable bonds is 2. The van der Waals surface area contributed by atoms with Crippen molar-refractivity contribution in [1.82, 2.24) is 0 Å². The van der Waals surface area contributed by atoms with Crippen LogP contribution in [0.5, 0.6) is 5.75 Å². The van der Waals surface area contributed by atoms with Crippen molar-refractivity contribution in [3.8, 4) is 47.2 Å². The molecule has 0 unspecified atom stereocenters. The number of nitriles is 5. The van der Waals surface area contributed by atoms with Gasteiger partial charge in [-0.15, -0.1) is 13.2 Å². The molecular weight excluding hydrogens is 522 g/mol.